The number of methoxy groups -OCH3 is 2. The second-order valence-corrected chi connectivity index (χ2v) is 8.18. The first-order valence-corrected chi connectivity index (χ1v) is 10.4. The van der Waals surface area contributed by atoms with Gasteiger partial charge in [-0.05, 0) is 55.3 Å². The summed E-state index contributed by atoms with van der Waals surface area (Å²) in [6, 6.07) is 11.0. The number of ketones is 1. The molecular formula is C24H24ClNO5. The molecule has 0 N–H and O–H groups in total. The van der Waals surface area contributed by atoms with Gasteiger partial charge in [-0.25, -0.2) is 0 Å². The average molecular weight is 442 g/mol. The zero-order chi connectivity index (χ0) is 22.3. The van der Waals surface area contributed by atoms with Crippen LogP contribution in [0.4, 0.5) is 0 Å². The molecule has 31 heavy (non-hydrogen) atoms. The molecule has 0 bridgehead atoms. The van der Waals surface area contributed by atoms with Crippen molar-refractivity contribution in [3.05, 3.63) is 58.2 Å². The van der Waals surface area contributed by atoms with Crippen LogP contribution in [0.2, 0.25) is 5.02 Å². The highest BCUT2D eigenvalue weighted by Gasteiger charge is 2.53. The zero-order valence-electron chi connectivity index (χ0n) is 18.0. The largest absolute Gasteiger partial charge is 0.493 e. The molecule has 0 fully saturated rings. The van der Waals surface area contributed by atoms with E-state index in [0.717, 1.165) is 22.2 Å². The van der Waals surface area contributed by atoms with E-state index in [1.165, 1.54) is 7.11 Å². The SMILES string of the molecule is CCOC(=O)C1(Cc2cc3cc(Cl)ccc3n2C)Cc2cc(OC)c(OC)cc2C1=O. The van der Waals surface area contributed by atoms with Crippen LogP contribution in [0.15, 0.2) is 36.4 Å². The first kappa shape index (κ1) is 21.2. The van der Waals surface area contributed by atoms with E-state index >= 15 is 0 Å². The Morgan fingerprint density at radius 1 is 1.13 bits per heavy atom. The van der Waals surface area contributed by atoms with E-state index in [0.29, 0.717) is 22.1 Å². The number of Topliss-reactive ketones (excluding diaryl/α,β-unsaturated/α-hetero) is 1. The lowest BCUT2D eigenvalue weighted by Crippen LogP contribution is -2.41. The Balaban J connectivity index is 1.83. The van der Waals surface area contributed by atoms with Gasteiger partial charge >= 0.3 is 5.97 Å². The Morgan fingerprint density at radius 2 is 1.84 bits per heavy atom. The van der Waals surface area contributed by atoms with Gasteiger partial charge < -0.3 is 18.8 Å². The van der Waals surface area contributed by atoms with Crippen LogP contribution in [0.5, 0.6) is 11.5 Å². The molecule has 1 aromatic heterocycles. The number of benzene rings is 2. The Morgan fingerprint density at radius 3 is 2.52 bits per heavy atom. The Hall–Kier alpha value is -2.99. The van der Waals surface area contributed by atoms with Crippen molar-refractivity contribution >= 4 is 34.3 Å². The number of esters is 1. The third kappa shape index (κ3) is 3.35. The lowest BCUT2D eigenvalue weighted by molar-refractivity contribution is -0.152. The molecule has 6 nitrogen and oxygen atoms in total. The third-order valence-corrected chi connectivity index (χ3v) is 6.27. The number of aromatic nitrogens is 1. The van der Waals surface area contributed by atoms with E-state index in [4.69, 9.17) is 25.8 Å². The van der Waals surface area contributed by atoms with Crippen LogP contribution in [0.1, 0.15) is 28.5 Å². The normalized spacial score (nSPS) is 17.6. The van der Waals surface area contributed by atoms with E-state index in [2.05, 4.69) is 0 Å². The van der Waals surface area contributed by atoms with Gasteiger partial charge in [0.15, 0.2) is 17.3 Å². The van der Waals surface area contributed by atoms with Crippen LogP contribution in [0.25, 0.3) is 10.9 Å². The number of nitrogens with zero attached hydrogens (tertiary/aromatic N) is 1. The minimum atomic E-state index is -1.35. The van der Waals surface area contributed by atoms with Crippen LogP contribution in [0, 0.1) is 5.41 Å². The molecule has 1 unspecified atom stereocenters. The van der Waals surface area contributed by atoms with Gasteiger partial charge in [0.25, 0.3) is 0 Å². The maximum atomic E-state index is 13.7. The summed E-state index contributed by atoms with van der Waals surface area (Å²) in [5.41, 5.74) is 1.70. The number of hydrogen-bond donors (Lipinski definition) is 0. The molecule has 4 rings (SSSR count). The summed E-state index contributed by atoms with van der Waals surface area (Å²) in [7, 11) is 4.98. The minimum Gasteiger partial charge on any atom is -0.493 e. The molecule has 1 heterocycles. The molecule has 0 aliphatic heterocycles. The Labute approximate surface area is 185 Å². The van der Waals surface area contributed by atoms with E-state index in [1.54, 1.807) is 26.2 Å². The molecule has 0 amide bonds. The fourth-order valence-corrected chi connectivity index (χ4v) is 4.63. The smallest absolute Gasteiger partial charge is 0.320 e. The number of aryl methyl sites for hydroxylation is 1. The highest BCUT2D eigenvalue weighted by molar-refractivity contribution is 6.31. The van der Waals surface area contributed by atoms with Crippen molar-refractivity contribution in [2.45, 2.75) is 19.8 Å². The van der Waals surface area contributed by atoms with Gasteiger partial charge in [0.05, 0.1) is 20.8 Å². The highest BCUT2D eigenvalue weighted by atomic mass is 35.5. The summed E-state index contributed by atoms with van der Waals surface area (Å²) < 4.78 is 18.1. The number of halogens is 1. The molecule has 0 radical (unpaired) electrons. The highest BCUT2D eigenvalue weighted by Crippen LogP contribution is 2.45. The molecule has 0 saturated carbocycles. The Kier molecular flexibility index (Phi) is 5.43. The molecule has 1 atom stereocenters. The van der Waals surface area contributed by atoms with Gasteiger partial charge in [0.2, 0.25) is 0 Å². The van der Waals surface area contributed by atoms with E-state index < -0.39 is 11.4 Å². The molecule has 1 aliphatic rings. The first-order valence-electron chi connectivity index (χ1n) is 10.1. The van der Waals surface area contributed by atoms with Crippen molar-refractivity contribution in [3.63, 3.8) is 0 Å². The minimum absolute atomic E-state index is 0.196. The quantitative estimate of drug-likeness (QED) is 0.419. The number of hydrogen-bond acceptors (Lipinski definition) is 5. The van der Waals surface area contributed by atoms with Crippen molar-refractivity contribution < 1.29 is 23.8 Å². The van der Waals surface area contributed by atoms with Gasteiger partial charge in [-0.1, -0.05) is 11.6 Å². The van der Waals surface area contributed by atoms with Gasteiger partial charge in [-0.2, -0.15) is 0 Å². The monoisotopic (exact) mass is 441 g/mol. The maximum Gasteiger partial charge on any atom is 0.320 e. The molecule has 7 heteroatoms. The fourth-order valence-electron chi connectivity index (χ4n) is 4.45. The van der Waals surface area contributed by atoms with Gasteiger partial charge in [-0.3, -0.25) is 9.59 Å². The van der Waals surface area contributed by atoms with E-state index in [1.807, 2.05) is 35.9 Å². The zero-order valence-corrected chi connectivity index (χ0v) is 18.7. The number of fused-ring (bicyclic) bond motifs is 2. The molecule has 2 aromatic carbocycles. The standard InChI is InChI=1S/C24H24ClNO5/c1-5-31-23(28)24(13-17-9-14-8-16(25)6-7-19(14)26(17)2)12-15-10-20(29-3)21(30-4)11-18(15)22(24)27/h6-11H,5,12-13H2,1-4H3. The predicted molar refractivity (Wildman–Crippen MR) is 118 cm³/mol. The number of carbonyl (C=O) groups is 2. The van der Waals surface area contributed by atoms with Gasteiger partial charge in [0, 0.05) is 40.7 Å². The van der Waals surface area contributed by atoms with Crippen LogP contribution >= 0.6 is 11.6 Å². The first-order chi connectivity index (χ1) is 14.8. The molecular weight excluding hydrogens is 418 g/mol. The summed E-state index contributed by atoms with van der Waals surface area (Å²) in [6.07, 6.45) is 0.454. The lowest BCUT2D eigenvalue weighted by atomic mass is 9.79. The van der Waals surface area contributed by atoms with Crippen molar-refractivity contribution in [3.8, 4) is 11.5 Å². The van der Waals surface area contributed by atoms with Crippen molar-refractivity contribution in [2.75, 3.05) is 20.8 Å². The predicted octanol–water partition coefficient (Wildman–Crippen LogP) is 4.38. The number of carbonyl (C=O) groups excluding carboxylic acids is 2. The van der Waals surface area contributed by atoms with Crippen LogP contribution in [0.3, 0.4) is 0 Å². The molecule has 162 valence electrons. The van der Waals surface area contributed by atoms with Crippen LogP contribution < -0.4 is 9.47 Å². The van der Waals surface area contributed by atoms with Crippen molar-refractivity contribution in [2.24, 2.45) is 12.5 Å². The molecule has 0 saturated heterocycles. The maximum absolute atomic E-state index is 13.7. The Bertz CT molecular complexity index is 1200. The summed E-state index contributed by atoms with van der Waals surface area (Å²) in [5, 5.41) is 1.59. The molecule has 0 spiro atoms. The van der Waals surface area contributed by atoms with E-state index in [9.17, 15) is 9.59 Å². The fraction of sp³-hybridized carbons (Fsp3) is 0.333. The number of rotatable bonds is 6. The average Bonchev–Trinajstić information content (AvgIpc) is 3.21. The third-order valence-electron chi connectivity index (χ3n) is 6.03. The van der Waals surface area contributed by atoms with Crippen LogP contribution in [-0.4, -0.2) is 37.1 Å². The van der Waals surface area contributed by atoms with Crippen molar-refractivity contribution in [1.82, 2.24) is 4.57 Å². The lowest BCUT2D eigenvalue weighted by Gasteiger charge is -2.25. The second-order valence-electron chi connectivity index (χ2n) is 7.75. The summed E-state index contributed by atoms with van der Waals surface area (Å²) >= 11 is 6.15. The number of ether oxygens (including phenoxy) is 3. The van der Waals surface area contributed by atoms with Crippen LogP contribution in [-0.2, 0) is 29.4 Å². The van der Waals surface area contributed by atoms with Crippen molar-refractivity contribution in [1.29, 1.82) is 0 Å². The van der Waals surface area contributed by atoms with Gasteiger partial charge in [0.1, 0.15) is 5.41 Å². The molecule has 3 aromatic rings. The van der Waals surface area contributed by atoms with Gasteiger partial charge in [-0.15, -0.1) is 0 Å². The second kappa shape index (κ2) is 7.93. The topological polar surface area (TPSA) is 66.8 Å². The summed E-state index contributed by atoms with van der Waals surface area (Å²) in [4.78, 5) is 26.9. The summed E-state index contributed by atoms with van der Waals surface area (Å²) in [6.45, 7) is 1.94. The van der Waals surface area contributed by atoms with E-state index in [-0.39, 0.29) is 25.2 Å². The summed E-state index contributed by atoms with van der Waals surface area (Å²) in [5.74, 6) is 0.198. The molecule has 1 aliphatic carbocycles.